The van der Waals surface area contributed by atoms with Crippen LogP contribution in [0.25, 0.3) is 0 Å². The van der Waals surface area contributed by atoms with Crippen LogP contribution in [0.4, 0.5) is 4.79 Å². The molecule has 21 heavy (non-hydrogen) atoms. The summed E-state index contributed by atoms with van der Waals surface area (Å²) in [5.74, 6) is -0.673. The van der Waals surface area contributed by atoms with Gasteiger partial charge < -0.3 is 15.3 Å². The number of hydrogen-bond acceptors (Lipinski definition) is 2. The van der Waals surface area contributed by atoms with E-state index in [1.165, 1.54) is 19.3 Å². The SMILES string of the molecule is CCCCCCC(C)NC(=O)N1CCCC(CC(=O)O)C1. The lowest BCUT2D eigenvalue weighted by Crippen LogP contribution is -2.48. The lowest BCUT2D eigenvalue weighted by Gasteiger charge is -2.33. The first-order chi connectivity index (χ1) is 10.0. The zero-order valence-corrected chi connectivity index (χ0v) is 13.4. The van der Waals surface area contributed by atoms with Crippen LogP contribution in [0.15, 0.2) is 0 Å². The number of carbonyl (C=O) groups is 2. The van der Waals surface area contributed by atoms with Gasteiger partial charge in [-0.3, -0.25) is 4.79 Å². The van der Waals surface area contributed by atoms with Crippen LogP contribution in [0, 0.1) is 5.92 Å². The maximum absolute atomic E-state index is 12.2. The Morgan fingerprint density at radius 1 is 1.33 bits per heavy atom. The minimum atomic E-state index is -0.772. The number of unbranched alkanes of at least 4 members (excludes halogenated alkanes) is 3. The molecule has 0 aliphatic carbocycles. The lowest BCUT2D eigenvalue weighted by molar-refractivity contribution is -0.138. The largest absolute Gasteiger partial charge is 0.481 e. The van der Waals surface area contributed by atoms with Gasteiger partial charge in [-0.2, -0.15) is 0 Å². The molecule has 1 aliphatic heterocycles. The third-order valence-corrected chi connectivity index (χ3v) is 4.13. The first-order valence-corrected chi connectivity index (χ1v) is 8.30. The molecule has 0 aromatic heterocycles. The molecule has 1 saturated heterocycles. The first-order valence-electron chi connectivity index (χ1n) is 8.30. The van der Waals surface area contributed by atoms with Crippen LogP contribution in [0.1, 0.15) is 65.2 Å². The molecule has 0 saturated carbocycles. The van der Waals surface area contributed by atoms with Crippen LogP contribution in [-0.2, 0) is 4.79 Å². The van der Waals surface area contributed by atoms with Crippen LogP contribution >= 0.6 is 0 Å². The summed E-state index contributed by atoms with van der Waals surface area (Å²) in [6, 6.07) is 0.155. The van der Waals surface area contributed by atoms with Crippen LogP contribution in [-0.4, -0.2) is 41.1 Å². The quantitative estimate of drug-likeness (QED) is 0.676. The summed E-state index contributed by atoms with van der Waals surface area (Å²) in [4.78, 5) is 24.7. The summed E-state index contributed by atoms with van der Waals surface area (Å²) in [5.41, 5.74) is 0. The number of likely N-dealkylation sites (tertiary alicyclic amines) is 1. The fourth-order valence-electron chi connectivity index (χ4n) is 2.91. The molecule has 122 valence electrons. The second-order valence-corrected chi connectivity index (χ2v) is 6.25. The van der Waals surface area contributed by atoms with E-state index in [4.69, 9.17) is 5.11 Å². The number of rotatable bonds is 8. The highest BCUT2D eigenvalue weighted by Crippen LogP contribution is 2.19. The third kappa shape index (κ3) is 7.34. The van der Waals surface area contributed by atoms with Crippen molar-refractivity contribution in [1.29, 1.82) is 0 Å². The minimum Gasteiger partial charge on any atom is -0.481 e. The van der Waals surface area contributed by atoms with Gasteiger partial charge in [0.05, 0.1) is 0 Å². The Morgan fingerprint density at radius 2 is 2.10 bits per heavy atom. The number of hydrogen-bond donors (Lipinski definition) is 2. The second kappa shape index (κ2) is 9.64. The van der Waals surface area contributed by atoms with Crippen LogP contribution in [0.5, 0.6) is 0 Å². The highest BCUT2D eigenvalue weighted by molar-refractivity contribution is 5.74. The van der Waals surface area contributed by atoms with Gasteiger partial charge >= 0.3 is 12.0 Å². The molecular weight excluding hydrogens is 268 g/mol. The van der Waals surface area contributed by atoms with E-state index in [9.17, 15) is 9.59 Å². The fourth-order valence-corrected chi connectivity index (χ4v) is 2.91. The number of urea groups is 1. The number of carboxylic acids is 1. The average molecular weight is 298 g/mol. The van der Waals surface area contributed by atoms with Crippen molar-refractivity contribution < 1.29 is 14.7 Å². The molecule has 1 aliphatic rings. The maximum Gasteiger partial charge on any atom is 0.317 e. The van der Waals surface area contributed by atoms with Crippen molar-refractivity contribution in [3.8, 4) is 0 Å². The van der Waals surface area contributed by atoms with Crippen molar-refractivity contribution >= 4 is 12.0 Å². The van der Waals surface area contributed by atoms with Gasteiger partial charge in [-0.1, -0.05) is 32.6 Å². The molecule has 0 radical (unpaired) electrons. The van der Waals surface area contributed by atoms with Gasteiger partial charge in [0, 0.05) is 25.6 Å². The van der Waals surface area contributed by atoms with Crippen molar-refractivity contribution in [1.82, 2.24) is 10.2 Å². The van der Waals surface area contributed by atoms with Crippen molar-refractivity contribution in [3.63, 3.8) is 0 Å². The normalized spacial score (nSPS) is 20.1. The molecular formula is C16H30N2O3. The number of aliphatic carboxylic acids is 1. The molecule has 2 atom stereocenters. The summed E-state index contributed by atoms with van der Waals surface area (Å²) in [7, 11) is 0. The van der Waals surface area contributed by atoms with E-state index in [-0.39, 0.29) is 24.4 Å². The van der Waals surface area contributed by atoms with E-state index in [0.717, 1.165) is 32.2 Å². The van der Waals surface area contributed by atoms with Crippen molar-refractivity contribution in [2.24, 2.45) is 5.92 Å². The molecule has 2 N–H and O–H groups in total. The van der Waals surface area contributed by atoms with E-state index in [0.29, 0.717) is 6.54 Å². The highest BCUT2D eigenvalue weighted by atomic mass is 16.4. The third-order valence-electron chi connectivity index (χ3n) is 4.13. The van der Waals surface area contributed by atoms with Crippen LogP contribution < -0.4 is 5.32 Å². The Bertz CT molecular complexity index is 333. The Hall–Kier alpha value is -1.26. The number of carbonyl (C=O) groups excluding carboxylic acids is 1. The molecule has 2 amide bonds. The topological polar surface area (TPSA) is 69.6 Å². The molecule has 0 aromatic rings. The summed E-state index contributed by atoms with van der Waals surface area (Å²) in [6.45, 7) is 5.54. The predicted octanol–water partition coefficient (Wildman–Crippen LogP) is 3.24. The zero-order chi connectivity index (χ0) is 15.7. The van der Waals surface area contributed by atoms with Gasteiger partial charge in [-0.05, 0) is 32.1 Å². The monoisotopic (exact) mass is 298 g/mol. The smallest absolute Gasteiger partial charge is 0.317 e. The number of piperidine rings is 1. The molecule has 2 unspecified atom stereocenters. The molecule has 0 bridgehead atoms. The van der Waals surface area contributed by atoms with Gasteiger partial charge in [-0.25, -0.2) is 4.79 Å². The van der Waals surface area contributed by atoms with Gasteiger partial charge in [0.15, 0.2) is 0 Å². The van der Waals surface area contributed by atoms with E-state index >= 15 is 0 Å². The Balaban J connectivity index is 2.28. The molecule has 0 spiro atoms. The van der Waals surface area contributed by atoms with E-state index in [2.05, 4.69) is 12.2 Å². The zero-order valence-electron chi connectivity index (χ0n) is 13.4. The Kier molecular flexibility index (Phi) is 8.16. The van der Waals surface area contributed by atoms with Crippen molar-refractivity contribution in [2.45, 2.75) is 71.3 Å². The lowest BCUT2D eigenvalue weighted by atomic mass is 9.95. The van der Waals surface area contributed by atoms with Gasteiger partial charge in [0.2, 0.25) is 0 Å². The number of carboxylic acid groups (broad SMARTS) is 1. The standard InChI is InChI=1S/C16H30N2O3/c1-3-4-5-6-8-13(2)17-16(21)18-10-7-9-14(12-18)11-15(19)20/h13-14H,3-12H2,1-2H3,(H,17,21)(H,19,20). The highest BCUT2D eigenvalue weighted by Gasteiger charge is 2.25. The molecule has 1 rings (SSSR count). The van der Waals surface area contributed by atoms with E-state index in [1.807, 2.05) is 6.92 Å². The van der Waals surface area contributed by atoms with Crippen LogP contribution in [0.2, 0.25) is 0 Å². The van der Waals surface area contributed by atoms with Crippen molar-refractivity contribution in [2.75, 3.05) is 13.1 Å². The van der Waals surface area contributed by atoms with Gasteiger partial charge in [0.1, 0.15) is 0 Å². The average Bonchev–Trinajstić information content (AvgIpc) is 2.43. The molecule has 1 heterocycles. The van der Waals surface area contributed by atoms with Gasteiger partial charge in [-0.15, -0.1) is 0 Å². The minimum absolute atomic E-state index is 0.0342. The van der Waals surface area contributed by atoms with E-state index < -0.39 is 5.97 Å². The summed E-state index contributed by atoms with van der Waals surface area (Å²) in [6.07, 6.45) is 7.83. The summed E-state index contributed by atoms with van der Waals surface area (Å²) < 4.78 is 0. The maximum atomic E-state index is 12.2. The molecule has 0 aromatic carbocycles. The number of amides is 2. The predicted molar refractivity (Wildman–Crippen MR) is 83.3 cm³/mol. The Labute approximate surface area is 128 Å². The number of nitrogens with zero attached hydrogens (tertiary/aromatic N) is 1. The Morgan fingerprint density at radius 3 is 2.76 bits per heavy atom. The molecule has 5 heteroatoms. The van der Waals surface area contributed by atoms with Gasteiger partial charge in [0.25, 0.3) is 0 Å². The molecule has 5 nitrogen and oxygen atoms in total. The first kappa shape index (κ1) is 17.8. The van der Waals surface area contributed by atoms with Crippen LogP contribution in [0.3, 0.4) is 0 Å². The van der Waals surface area contributed by atoms with E-state index in [1.54, 1.807) is 4.90 Å². The summed E-state index contributed by atoms with van der Waals surface area (Å²) >= 11 is 0. The molecule has 1 fully saturated rings. The second-order valence-electron chi connectivity index (χ2n) is 6.25. The number of nitrogens with one attached hydrogen (secondary N) is 1. The van der Waals surface area contributed by atoms with Crippen molar-refractivity contribution in [3.05, 3.63) is 0 Å². The summed E-state index contributed by atoms with van der Waals surface area (Å²) in [5, 5.41) is 11.9. The fraction of sp³-hybridized carbons (Fsp3) is 0.875.